The fourth-order valence-corrected chi connectivity index (χ4v) is 2.55. The molecule has 1 unspecified atom stereocenters. The highest BCUT2D eigenvalue weighted by Crippen LogP contribution is 2.27. The summed E-state index contributed by atoms with van der Waals surface area (Å²) in [5.41, 5.74) is 1.44. The lowest BCUT2D eigenvalue weighted by Crippen LogP contribution is -3.11. The minimum absolute atomic E-state index is 0.00358. The van der Waals surface area contributed by atoms with E-state index in [9.17, 15) is 9.59 Å². The van der Waals surface area contributed by atoms with Crippen LogP contribution < -0.4 is 15.0 Å². The summed E-state index contributed by atoms with van der Waals surface area (Å²) in [7, 11) is 3.33. The van der Waals surface area contributed by atoms with Gasteiger partial charge in [-0.25, -0.2) is 0 Å². The highest BCUT2D eigenvalue weighted by molar-refractivity contribution is 6.31. The van der Waals surface area contributed by atoms with Crippen LogP contribution in [0.5, 0.6) is 5.75 Å². The molecule has 0 aromatic heterocycles. The van der Waals surface area contributed by atoms with Crippen molar-refractivity contribution >= 4 is 29.1 Å². The van der Waals surface area contributed by atoms with E-state index in [4.69, 9.17) is 16.3 Å². The first kappa shape index (κ1) is 21.0. The van der Waals surface area contributed by atoms with E-state index in [1.54, 1.807) is 30.1 Å². The average Bonchev–Trinajstić information content (AvgIpc) is 2.52. The van der Waals surface area contributed by atoms with Crippen molar-refractivity contribution in [2.45, 2.75) is 13.8 Å². The number of likely N-dealkylation sites (N-methyl/N-ethyl adjacent to an activating group) is 2. The number of nitrogens with one attached hydrogen (secondary N) is 2. The van der Waals surface area contributed by atoms with Crippen LogP contribution in [-0.4, -0.2) is 57.1 Å². The number of carbonyl (C=O) groups is 2. The minimum Gasteiger partial charge on any atom is -0.495 e. The van der Waals surface area contributed by atoms with Crippen LogP contribution in [0, 0.1) is 0 Å². The van der Waals surface area contributed by atoms with Crippen LogP contribution in [0.1, 0.15) is 13.8 Å². The van der Waals surface area contributed by atoms with Gasteiger partial charge in [0.25, 0.3) is 11.8 Å². The molecule has 0 aliphatic carbocycles. The Morgan fingerprint density at radius 2 is 2.04 bits per heavy atom. The fourth-order valence-electron chi connectivity index (χ4n) is 2.38. The summed E-state index contributed by atoms with van der Waals surface area (Å²) in [6.07, 6.45) is 0. The first-order chi connectivity index (χ1) is 11.8. The van der Waals surface area contributed by atoms with Crippen molar-refractivity contribution in [3.8, 4) is 5.75 Å². The standard InChI is InChI=1S/C18H26ClN3O3/c1-6-22(10-13(2)3)18(24)12-21(4)11-17(23)20-15-9-14(19)7-8-16(15)25-5/h7-9H,2,6,10-12H2,1,3-5H3,(H,20,23)/p+1. The molecule has 138 valence electrons. The summed E-state index contributed by atoms with van der Waals surface area (Å²) in [4.78, 5) is 27.1. The molecule has 0 bridgehead atoms. The maximum atomic E-state index is 12.3. The number of nitrogens with zero attached hydrogens (tertiary/aromatic N) is 1. The molecule has 0 saturated carbocycles. The number of hydrogen-bond donors (Lipinski definition) is 2. The predicted molar refractivity (Wildman–Crippen MR) is 100 cm³/mol. The fraction of sp³-hybridized carbons (Fsp3) is 0.444. The third-order valence-electron chi connectivity index (χ3n) is 3.55. The number of hydrogen-bond acceptors (Lipinski definition) is 3. The van der Waals surface area contributed by atoms with Crippen molar-refractivity contribution < 1.29 is 19.2 Å². The molecule has 1 aromatic carbocycles. The molecule has 1 rings (SSSR count). The number of carbonyl (C=O) groups excluding carboxylic acids is 2. The number of amides is 2. The highest BCUT2D eigenvalue weighted by Gasteiger charge is 2.19. The van der Waals surface area contributed by atoms with Gasteiger partial charge in [0.1, 0.15) is 5.75 Å². The van der Waals surface area contributed by atoms with Crippen LogP contribution >= 0.6 is 11.6 Å². The third kappa shape index (κ3) is 7.15. The van der Waals surface area contributed by atoms with Crippen LogP contribution in [0.4, 0.5) is 5.69 Å². The molecule has 25 heavy (non-hydrogen) atoms. The number of anilines is 1. The number of ether oxygens (including phenoxy) is 1. The average molecular weight is 369 g/mol. The summed E-state index contributed by atoms with van der Waals surface area (Å²) in [6.45, 7) is 9.20. The first-order valence-corrected chi connectivity index (χ1v) is 8.51. The lowest BCUT2D eigenvalue weighted by molar-refractivity contribution is -0.862. The van der Waals surface area contributed by atoms with Crippen molar-refractivity contribution in [3.05, 3.63) is 35.4 Å². The Morgan fingerprint density at radius 3 is 2.60 bits per heavy atom. The van der Waals surface area contributed by atoms with Gasteiger partial charge < -0.3 is 19.9 Å². The Morgan fingerprint density at radius 1 is 1.36 bits per heavy atom. The summed E-state index contributed by atoms with van der Waals surface area (Å²) >= 11 is 5.95. The van der Waals surface area contributed by atoms with E-state index < -0.39 is 0 Å². The van der Waals surface area contributed by atoms with Gasteiger partial charge in [0.2, 0.25) is 0 Å². The van der Waals surface area contributed by atoms with Crippen LogP contribution in [0.15, 0.2) is 30.4 Å². The molecule has 1 aromatic rings. The van der Waals surface area contributed by atoms with Gasteiger partial charge in [0.15, 0.2) is 13.1 Å². The predicted octanol–water partition coefficient (Wildman–Crippen LogP) is 1.23. The smallest absolute Gasteiger partial charge is 0.279 e. The third-order valence-corrected chi connectivity index (χ3v) is 3.78. The Balaban J connectivity index is 2.60. The van der Waals surface area contributed by atoms with E-state index in [-0.39, 0.29) is 24.9 Å². The SMILES string of the molecule is C=C(C)CN(CC)C(=O)C[NH+](C)CC(=O)Nc1cc(Cl)ccc1OC. The molecule has 6 nitrogen and oxygen atoms in total. The van der Waals surface area contributed by atoms with Crippen LogP contribution in [0.3, 0.4) is 0 Å². The van der Waals surface area contributed by atoms with Crippen molar-refractivity contribution in [2.75, 3.05) is 45.7 Å². The van der Waals surface area contributed by atoms with E-state index in [0.29, 0.717) is 29.5 Å². The van der Waals surface area contributed by atoms with Gasteiger partial charge in [0, 0.05) is 18.1 Å². The maximum absolute atomic E-state index is 12.3. The minimum atomic E-state index is -0.214. The molecule has 2 amide bonds. The Kier molecular flexibility index (Phi) is 8.45. The normalized spacial score (nSPS) is 11.6. The van der Waals surface area contributed by atoms with E-state index in [1.807, 2.05) is 13.8 Å². The van der Waals surface area contributed by atoms with Crippen molar-refractivity contribution in [1.82, 2.24) is 4.90 Å². The van der Waals surface area contributed by atoms with E-state index in [2.05, 4.69) is 11.9 Å². The zero-order valence-corrected chi connectivity index (χ0v) is 16.1. The summed E-state index contributed by atoms with van der Waals surface area (Å²) in [5, 5.41) is 3.28. The Labute approximate surface area is 154 Å². The van der Waals surface area contributed by atoms with Crippen LogP contribution in [0.25, 0.3) is 0 Å². The van der Waals surface area contributed by atoms with E-state index in [0.717, 1.165) is 10.5 Å². The summed E-state index contributed by atoms with van der Waals surface area (Å²) in [5.74, 6) is 0.315. The molecule has 2 N–H and O–H groups in total. The monoisotopic (exact) mass is 368 g/mol. The summed E-state index contributed by atoms with van der Waals surface area (Å²) in [6, 6.07) is 5.01. The quantitative estimate of drug-likeness (QED) is 0.644. The Hall–Kier alpha value is -2.05. The Bertz CT molecular complexity index is 634. The summed E-state index contributed by atoms with van der Waals surface area (Å²) < 4.78 is 5.20. The van der Waals surface area contributed by atoms with Gasteiger partial charge in [-0.1, -0.05) is 23.8 Å². The molecule has 0 fully saturated rings. The largest absolute Gasteiger partial charge is 0.495 e. The zero-order chi connectivity index (χ0) is 19.0. The topological polar surface area (TPSA) is 63.1 Å². The van der Waals surface area contributed by atoms with Gasteiger partial charge in [-0.3, -0.25) is 9.59 Å². The second-order valence-corrected chi connectivity index (χ2v) is 6.50. The van der Waals surface area contributed by atoms with Gasteiger partial charge in [-0.2, -0.15) is 0 Å². The van der Waals surface area contributed by atoms with Gasteiger partial charge in [0.05, 0.1) is 19.8 Å². The molecule has 0 heterocycles. The van der Waals surface area contributed by atoms with Crippen molar-refractivity contribution in [2.24, 2.45) is 0 Å². The van der Waals surface area contributed by atoms with Gasteiger partial charge >= 0.3 is 0 Å². The van der Waals surface area contributed by atoms with Crippen molar-refractivity contribution in [3.63, 3.8) is 0 Å². The molecular formula is C18H27ClN3O3+. The molecule has 0 spiro atoms. The number of halogens is 1. The van der Waals surface area contributed by atoms with E-state index in [1.165, 1.54) is 7.11 Å². The molecule has 0 radical (unpaired) electrons. The molecule has 0 aliphatic rings. The second-order valence-electron chi connectivity index (χ2n) is 6.07. The molecule has 7 heteroatoms. The second kappa shape index (κ2) is 10.1. The van der Waals surface area contributed by atoms with Crippen LogP contribution in [-0.2, 0) is 9.59 Å². The number of quaternary nitrogens is 1. The molecule has 0 saturated heterocycles. The van der Waals surface area contributed by atoms with Gasteiger partial charge in [-0.15, -0.1) is 0 Å². The van der Waals surface area contributed by atoms with E-state index >= 15 is 0 Å². The molecule has 1 atom stereocenters. The van der Waals surface area contributed by atoms with Crippen LogP contribution in [0.2, 0.25) is 5.02 Å². The zero-order valence-electron chi connectivity index (χ0n) is 15.3. The lowest BCUT2D eigenvalue weighted by Gasteiger charge is -2.22. The molecular weight excluding hydrogens is 342 g/mol. The first-order valence-electron chi connectivity index (χ1n) is 8.13. The van der Waals surface area contributed by atoms with Crippen molar-refractivity contribution in [1.29, 1.82) is 0 Å². The number of methoxy groups -OCH3 is 1. The maximum Gasteiger partial charge on any atom is 0.279 e. The number of benzene rings is 1. The number of rotatable bonds is 9. The highest BCUT2D eigenvalue weighted by atomic mass is 35.5. The molecule has 0 aliphatic heterocycles. The lowest BCUT2D eigenvalue weighted by atomic mass is 10.3. The van der Waals surface area contributed by atoms with Gasteiger partial charge in [-0.05, 0) is 32.0 Å².